The molecule has 0 radical (unpaired) electrons. The van der Waals surface area contributed by atoms with Gasteiger partial charge in [-0.1, -0.05) is 0 Å². The van der Waals surface area contributed by atoms with Crippen LogP contribution in [0, 0.1) is 0 Å². The first-order valence-electron chi connectivity index (χ1n) is 6.73. The summed E-state index contributed by atoms with van der Waals surface area (Å²) in [7, 11) is -1.62. The predicted octanol–water partition coefficient (Wildman–Crippen LogP) is 0.400. The van der Waals surface area contributed by atoms with Crippen LogP contribution in [-0.2, 0) is 27.5 Å². The lowest BCUT2D eigenvalue weighted by Crippen LogP contribution is -2.22. The summed E-state index contributed by atoms with van der Waals surface area (Å²) in [6.45, 7) is 0.208. The number of anilines is 1. The molecule has 3 rings (SSSR count). The molecular formula is C13H17N3O4S. The fraction of sp³-hybridized carbons (Fsp3) is 0.538. The summed E-state index contributed by atoms with van der Waals surface area (Å²) in [5.41, 5.74) is 1.77. The maximum atomic E-state index is 11.9. The van der Waals surface area contributed by atoms with Gasteiger partial charge in [-0.25, -0.2) is 4.98 Å². The number of hydrogen-bond acceptors (Lipinski definition) is 6. The largest absolute Gasteiger partial charge is 0.357 e. The SMILES string of the molecule is CN(c1cc2c(c(COS(C)(=O)=O)n1)CNC2=O)C1CC1. The van der Waals surface area contributed by atoms with Gasteiger partial charge in [0.15, 0.2) is 0 Å². The van der Waals surface area contributed by atoms with Crippen molar-refractivity contribution in [1.29, 1.82) is 0 Å². The number of carbonyl (C=O) groups excluding carboxylic acids is 1. The van der Waals surface area contributed by atoms with Crippen molar-refractivity contribution < 1.29 is 17.4 Å². The minimum atomic E-state index is -3.55. The number of pyridine rings is 1. The smallest absolute Gasteiger partial charge is 0.264 e. The van der Waals surface area contributed by atoms with E-state index in [9.17, 15) is 13.2 Å². The molecular weight excluding hydrogens is 294 g/mol. The van der Waals surface area contributed by atoms with Crippen LogP contribution in [0.15, 0.2) is 6.07 Å². The van der Waals surface area contributed by atoms with Crippen molar-refractivity contribution in [3.05, 3.63) is 22.9 Å². The molecule has 1 aliphatic carbocycles. The number of hydrogen-bond donors (Lipinski definition) is 1. The topological polar surface area (TPSA) is 88.6 Å². The van der Waals surface area contributed by atoms with E-state index in [1.807, 2.05) is 11.9 Å². The summed E-state index contributed by atoms with van der Waals surface area (Å²) in [4.78, 5) is 18.4. The van der Waals surface area contributed by atoms with Crippen molar-refractivity contribution in [1.82, 2.24) is 10.3 Å². The Bertz CT molecular complexity index is 698. The molecule has 0 spiro atoms. The maximum absolute atomic E-state index is 11.9. The van der Waals surface area contributed by atoms with Crippen LogP contribution in [0.5, 0.6) is 0 Å². The zero-order chi connectivity index (χ0) is 15.2. The van der Waals surface area contributed by atoms with Gasteiger partial charge in [-0.3, -0.25) is 8.98 Å². The first kappa shape index (κ1) is 14.3. The van der Waals surface area contributed by atoms with Crippen LogP contribution in [0.2, 0.25) is 0 Å². The molecule has 21 heavy (non-hydrogen) atoms. The molecule has 1 saturated carbocycles. The summed E-state index contributed by atoms with van der Waals surface area (Å²) in [6.07, 6.45) is 3.21. The van der Waals surface area contributed by atoms with E-state index < -0.39 is 10.1 Å². The van der Waals surface area contributed by atoms with Gasteiger partial charge in [-0.2, -0.15) is 8.42 Å². The van der Waals surface area contributed by atoms with Crippen LogP contribution in [0.1, 0.15) is 34.5 Å². The van der Waals surface area contributed by atoms with Crippen LogP contribution in [0.4, 0.5) is 5.82 Å². The van der Waals surface area contributed by atoms with Gasteiger partial charge in [0.1, 0.15) is 12.4 Å². The molecule has 0 unspecified atom stereocenters. The van der Waals surface area contributed by atoms with E-state index in [0.29, 0.717) is 29.7 Å². The number of amides is 1. The molecule has 1 fully saturated rings. The third kappa shape index (κ3) is 3.01. The zero-order valence-electron chi connectivity index (χ0n) is 11.9. The van der Waals surface area contributed by atoms with E-state index in [-0.39, 0.29) is 12.5 Å². The van der Waals surface area contributed by atoms with E-state index in [0.717, 1.165) is 24.7 Å². The van der Waals surface area contributed by atoms with Gasteiger partial charge in [0.2, 0.25) is 0 Å². The van der Waals surface area contributed by atoms with Crippen LogP contribution >= 0.6 is 0 Å². The van der Waals surface area contributed by atoms with Gasteiger partial charge >= 0.3 is 0 Å². The molecule has 0 aromatic carbocycles. The van der Waals surface area contributed by atoms with Crippen molar-refractivity contribution in [3.63, 3.8) is 0 Å². The molecule has 1 aliphatic heterocycles. The first-order valence-corrected chi connectivity index (χ1v) is 8.55. The maximum Gasteiger partial charge on any atom is 0.264 e. The molecule has 1 aromatic heterocycles. The second-order valence-corrected chi connectivity index (χ2v) is 7.09. The molecule has 0 atom stereocenters. The lowest BCUT2D eigenvalue weighted by Gasteiger charge is -2.19. The second kappa shape index (κ2) is 4.96. The summed E-state index contributed by atoms with van der Waals surface area (Å²) < 4.78 is 27.2. The van der Waals surface area contributed by atoms with Gasteiger partial charge in [-0.15, -0.1) is 0 Å². The number of rotatable bonds is 5. The van der Waals surface area contributed by atoms with Crippen molar-refractivity contribution in [2.45, 2.75) is 32.0 Å². The fourth-order valence-electron chi connectivity index (χ4n) is 2.39. The third-order valence-corrected chi connectivity index (χ3v) is 4.28. The molecule has 2 aliphatic rings. The van der Waals surface area contributed by atoms with Crippen LogP contribution in [0.3, 0.4) is 0 Å². The summed E-state index contributed by atoms with van der Waals surface area (Å²) in [5, 5.41) is 2.73. The zero-order valence-corrected chi connectivity index (χ0v) is 12.7. The Labute approximate surface area is 123 Å². The van der Waals surface area contributed by atoms with E-state index in [1.54, 1.807) is 6.07 Å². The Morgan fingerprint density at radius 2 is 2.19 bits per heavy atom. The van der Waals surface area contributed by atoms with Crippen molar-refractivity contribution in [3.8, 4) is 0 Å². The lowest BCUT2D eigenvalue weighted by atomic mass is 10.1. The number of aromatic nitrogens is 1. The number of nitrogens with one attached hydrogen (secondary N) is 1. The normalized spacial score (nSPS) is 17.5. The standard InChI is InChI=1S/C13H17N3O4S/c1-16(8-3-4-8)12-5-9-10(6-14-13(9)17)11(15-12)7-20-21(2,18)19/h5,8H,3-4,6-7H2,1-2H3,(H,14,17). The number of carbonyl (C=O) groups is 1. The van der Waals surface area contributed by atoms with Gasteiger partial charge in [-0.05, 0) is 18.9 Å². The molecule has 2 heterocycles. The van der Waals surface area contributed by atoms with Crippen molar-refractivity contribution in [2.75, 3.05) is 18.2 Å². The summed E-state index contributed by atoms with van der Waals surface area (Å²) in [5.74, 6) is 0.527. The van der Waals surface area contributed by atoms with Crippen molar-refractivity contribution in [2.24, 2.45) is 0 Å². The molecule has 8 heteroatoms. The third-order valence-electron chi connectivity index (χ3n) is 3.73. The predicted molar refractivity (Wildman–Crippen MR) is 76.5 cm³/mol. The molecule has 7 nitrogen and oxygen atoms in total. The van der Waals surface area contributed by atoms with Crippen LogP contribution in [-0.4, -0.2) is 38.7 Å². The summed E-state index contributed by atoms with van der Waals surface area (Å²) >= 11 is 0. The molecule has 0 bridgehead atoms. The van der Waals surface area contributed by atoms with Gasteiger partial charge in [0, 0.05) is 30.8 Å². The van der Waals surface area contributed by atoms with E-state index in [4.69, 9.17) is 4.18 Å². The Morgan fingerprint density at radius 3 is 2.81 bits per heavy atom. The molecule has 1 N–H and O–H groups in total. The van der Waals surface area contributed by atoms with Crippen molar-refractivity contribution >= 4 is 21.8 Å². The van der Waals surface area contributed by atoms with E-state index in [1.165, 1.54) is 0 Å². The van der Waals surface area contributed by atoms with Gasteiger partial charge < -0.3 is 10.2 Å². The monoisotopic (exact) mass is 311 g/mol. The molecule has 1 aromatic rings. The second-order valence-electron chi connectivity index (χ2n) is 5.44. The highest BCUT2D eigenvalue weighted by Crippen LogP contribution is 2.31. The molecule has 1 amide bonds. The lowest BCUT2D eigenvalue weighted by molar-refractivity contribution is 0.0965. The average Bonchev–Trinajstić information content (AvgIpc) is 3.19. The van der Waals surface area contributed by atoms with Gasteiger partial charge in [0.05, 0.1) is 11.9 Å². The Hall–Kier alpha value is -1.67. The minimum absolute atomic E-state index is 0.150. The van der Waals surface area contributed by atoms with Gasteiger partial charge in [0.25, 0.3) is 16.0 Å². The first-order chi connectivity index (χ1) is 9.85. The average molecular weight is 311 g/mol. The fourth-order valence-corrected chi connectivity index (χ4v) is 2.71. The van der Waals surface area contributed by atoms with E-state index in [2.05, 4.69) is 10.3 Å². The van der Waals surface area contributed by atoms with Crippen LogP contribution < -0.4 is 10.2 Å². The highest BCUT2D eigenvalue weighted by Gasteiger charge is 2.30. The summed E-state index contributed by atoms with van der Waals surface area (Å²) in [6, 6.07) is 2.21. The number of fused-ring (bicyclic) bond motifs is 1. The Kier molecular flexibility index (Phi) is 3.37. The quantitative estimate of drug-likeness (QED) is 0.792. The molecule has 114 valence electrons. The highest BCUT2D eigenvalue weighted by molar-refractivity contribution is 7.85. The van der Waals surface area contributed by atoms with Crippen LogP contribution in [0.25, 0.3) is 0 Å². The number of nitrogens with zero attached hydrogens (tertiary/aromatic N) is 2. The van der Waals surface area contributed by atoms with E-state index >= 15 is 0 Å². The Morgan fingerprint density at radius 1 is 1.48 bits per heavy atom. The Balaban J connectivity index is 1.96. The molecule has 0 saturated heterocycles. The minimum Gasteiger partial charge on any atom is -0.357 e. The highest BCUT2D eigenvalue weighted by atomic mass is 32.2.